The van der Waals surface area contributed by atoms with Crippen LogP contribution in [0, 0.1) is 0 Å². The third-order valence-electron chi connectivity index (χ3n) is 3.92. The number of nitrogens with zero attached hydrogens (tertiary/aromatic N) is 2. The number of benzene rings is 1. The lowest BCUT2D eigenvalue weighted by Gasteiger charge is -2.32. The normalized spacial score (nSPS) is 16.4. The Hall–Kier alpha value is -2.01. The first-order valence-electron chi connectivity index (χ1n) is 7.90. The van der Waals surface area contributed by atoms with E-state index in [-0.39, 0.29) is 11.4 Å². The van der Waals surface area contributed by atoms with E-state index in [1.54, 1.807) is 17.1 Å². The molecule has 10 heteroatoms. The number of rotatable bonds is 5. The van der Waals surface area contributed by atoms with E-state index < -0.39 is 21.8 Å². The first kappa shape index (κ1) is 19.3. The molecule has 0 unspecified atom stereocenters. The van der Waals surface area contributed by atoms with Gasteiger partial charge in [0.1, 0.15) is 0 Å². The zero-order chi connectivity index (χ0) is 18.4. The molecule has 138 valence electrons. The molecule has 1 heterocycles. The van der Waals surface area contributed by atoms with Crippen molar-refractivity contribution in [3.05, 3.63) is 29.8 Å². The van der Waals surface area contributed by atoms with E-state index in [9.17, 15) is 18.0 Å². The second-order valence-corrected chi connectivity index (χ2v) is 7.49. The number of carbonyl (C=O) groups is 2. The molecule has 2 rings (SSSR count). The highest BCUT2D eigenvalue weighted by Gasteiger charge is 2.19. The second-order valence-electron chi connectivity index (χ2n) is 5.93. The van der Waals surface area contributed by atoms with Gasteiger partial charge in [-0.15, -0.1) is 0 Å². The maximum absolute atomic E-state index is 11.8. The number of sulfonamides is 1. The summed E-state index contributed by atoms with van der Waals surface area (Å²) in [5.41, 5.74) is 3.41. The highest BCUT2D eigenvalue weighted by molar-refractivity contribution is 7.89. The van der Waals surface area contributed by atoms with E-state index in [1.165, 1.54) is 12.1 Å². The number of nitrogens with one attached hydrogen (secondary N) is 2. The maximum Gasteiger partial charge on any atom is 0.323 e. The Bertz CT molecular complexity index is 712. The number of hydrazine groups is 1. The second kappa shape index (κ2) is 8.39. The molecule has 2 amide bonds. The summed E-state index contributed by atoms with van der Waals surface area (Å²) >= 11 is 0. The van der Waals surface area contributed by atoms with Crippen LogP contribution >= 0.6 is 0 Å². The largest absolute Gasteiger partial charge is 0.347 e. The molecule has 1 saturated heterocycles. The number of piperazine rings is 1. The molecule has 0 spiro atoms. The van der Waals surface area contributed by atoms with Gasteiger partial charge < -0.3 is 10.2 Å². The molecule has 0 aliphatic carbocycles. The molecule has 0 saturated carbocycles. The van der Waals surface area contributed by atoms with Crippen molar-refractivity contribution in [2.75, 3.05) is 39.8 Å². The van der Waals surface area contributed by atoms with Gasteiger partial charge in [0.25, 0.3) is 0 Å². The minimum Gasteiger partial charge on any atom is -0.347 e. The van der Waals surface area contributed by atoms with Crippen LogP contribution in [0.25, 0.3) is 0 Å². The van der Waals surface area contributed by atoms with Crippen molar-refractivity contribution in [1.82, 2.24) is 20.7 Å². The number of likely N-dealkylation sites (N-methyl/N-ethyl adjacent to an activating group) is 1. The fourth-order valence-electron chi connectivity index (χ4n) is 2.36. The predicted molar refractivity (Wildman–Crippen MR) is 91.7 cm³/mol. The third-order valence-corrected chi connectivity index (χ3v) is 4.85. The highest BCUT2D eigenvalue weighted by atomic mass is 32.2. The van der Waals surface area contributed by atoms with Crippen LogP contribution in [0.5, 0.6) is 0 Å². The summed E-state index contributed by atoms with van der Waals surface area (Å²) in [6.45, 7) is 3.27. The quantitative estimate of drug-likeness (QED) is 0.530. The molecule has 0 radical (unpaired) electrons. The molecule has 0 atom stereocenters. The molecule has 4 N–H and O–H groups in total. The number of nitrogens with two attached hydrogens (primary N) is 1. The first-order valence-corrected chi connectivity index (χ1v) is 9.44. The molecule has 1 aliphatic heterocycles. The summed E-state index contributed by atoms with van der Waals surface area (Å²) in [5.74, 6) is -1.38. The first-order chi connectivity index (χ1) is 11.8. The van der Waals surface area contributed by atoms with Gasteiger partial charge >= 0.3 is 11.8 Å². The molecule has 1 aliphatic rings. The van der Waals surface area contributed by atoms with Crippen molar-refractivity contribution in [2.45, 2.75) is 11.3 Å². The van der Waals surface area contributed by atoms with E-state index in [0.29, 0.717) is 19.5 Å². The molecular weight excluding hydrogens is 346 g/mol. The minimum atomic E-state index is -3.71. The van der Waals surface area contributed by atoms with Crippen molar-refractivity contribution in [3.8, 4) is 0 Å². The lowest BCUT2D eigenvalue weighted by Crippen LogP contribution is -2.55. The van der Waals surface area contributed by atoms with Crippen LogP contribution in [0.15, 0.2) is 29.2 Å². The van der Waals surface area contributed by atoms with Crippen LogP contribution in [0.4, 0.5) is 0 Å². The van der Waals surface area contributed by atoms with Crippen LogP contribution in [-0.2, 0) is 26.0 Å². The minimum absolute atomic E-state index is 0.0341. The van der Waals surface area contributed by atoms with E-state index >= 15 is 0 Å². The summed E-state index contributed by atoms with van der Waals surface area (Å²) in [7, 11) is -1.71. The summed E-state index contributed by atoms with van der Waals surface area (Å²) in [5, 5.41) is 9.30. The fraction of sp³-hybridized carbons (Fsp3) is 0.467. The van der Waals surface area contributed by atoms with Gasteiger partial charge in [-0.25, -0.2) is 18.6 Å². The van der Waals surface area contributed by atoms with Gasteiger partial charge in [-0.2, -0.15) is 0 Å². The highest BCUT2D eigenvalue weighted by Crippen LogP contribution is 2.08. The number of hydrogen-bond acceptors (Lipinski definition) is 6. The fourth-order valence-corrected chi connectivity index (χ4v) is 2.87. The Morgan fingerprint density at radius 2 is 1.68 bits per heavy atom. The average molecular weight is 369 g/mol. The lowest BCUT2D eigenvalue weighted by atomic mass is 10.1. The molecule has 1 aromatic carbocycles. The average Bonchev–Trinajstić information content (AvgIpc) is 2.56. The van der Waals surface area contributed by atoms with Crippen LogP contribution in [0.2, 0.25) is 0 Å². The van der Waals surface area contributed by atoms with Crippen LogP contribution in [0.1, 0.15) is 5.56 Å². The van der Waals surface area contributed by atoms with Crippen molar-refractivity contribution in [2.24, 2.45) is 5.14 Å². The Morgan fingerprint density at radius 3 is 2.24 bits per heavy atom. The Balaban J connectivity index is 1.73. The zero-order valence-electron chi connectivity index (χ0n) is 14.1. The molecule has 1 fully saturated rings. The summed E-state index contributed by atoms with van der Waals surface area (Å²) in [4.78, 5) is 25.8. The van der Waals surface area contributed by atoms with Gasteiger partial charge in [0.05, 0.1) is 4.90 Å². The number of hydrogen-bond donors (Lipinski definition) is 3. The van der Waals surface area contributed by atoms with E-state index in [0.717, 1.165) is 18.7 Å². The SMILES string of the molecule is CN1CCN(NC(=O)C(=O)NCCc2ccc(S(N)(=O)=O)cc2)CC1. The molecular formula is C15H23N5O4S. The Labute approximate surface area is 147 Å². The van der Waals surface area contributed by atoms with Crippen molar-refractivity contribution < 1.29 is 18.0 Å². The monoisotopic (exact) mass is 369 g/mol. The Morgan fingerprint density at radius 1 is 1.08 bits per heavy atom. The summed E-state index contributed by atoms with van der Waals surface area (Å²) in [6.07, 6.45) is 0.471. The smallest absolute Gasteiger partial charge is 0.323 e. The van der Waals surface area contributed by atoms with Crippen LogP contribution in [0.3, 0.4) is 0 Å². The molecule has 1 aromatic rings. The van der Waals surface area contributed by atoms with Gasteiger partial charge in [-0.05, 0) is 31.2 Å². The van der Waals surface area contributed by atoms with Gasteiger partial charge in [-0.1, -0.05) is 12.1 Å². The predicted octanol–water partition coefficient (Wildman–Crippen LogP) is -1.73. The van der Waals surface area contributed by atoms with Crippen LogP contribution < -0.4 is 15.9 Å². The topological polar surface area (TPSA) is 125 Å². The lowest BCUT2D eigenvalue weighted by molar-refractivity contribution is -0.142. The Kier molecular flexibility index (Phi) is 6.48. The number of primary sulfonamides is 1. The standard InChI is InChI=1S/C15H23N5O4S/c1-19-8-10-20(11-9-19)18-15(22)14(21)17-7-6-12-2-4-13(5-3-12)25(16,23)24/h2-5H,6-11H2,1H3,(H,17,21)(H,18,22)(H2,16,23,24). The third kappa shape index (κ3) is 6.09. The van der Waals surface area contributed by atoms with E-state index in [2.05, 4.69) is 15.6 Å². The molecule has 0 bridgehead atoms. The summed E-state index contributed by atoms with van der Waals surface area (Å²) in [6, 6.07) is 6.06. The molecule has 0 aromatic heterocycles. The van der Waals surface area contributed by atoms with Gasteiger partial charge in [-0.3, -0.25) is 15.0 Å². The van der Waals surface area contributed by atoms with Crippen molar-refractivity contribution in [3.63, 3.8) is 0 Å². The van der Waals surface area contributed by atoms with E-state index in [4.69, 9.17) is 5.14 Å². The van der Waals surface area contributed by atoms with Crippen LogP contribution in [-0.4, -0.2) is 69.9 Å². The number of amides is 2. The maximum atomic E-state index is 11.8. The van der Waals surface area contributed by atoms with E-state index in [1.807, 2.05) is 7.05 Å². The van der Waals surface area contributed by atoms with Crippen molar-refractivity contribution >= 4 is 21.8 Å². The van der Waals surface area contributed by atoms with Gasteiger partial charge in [0, 0.05) is 32.7 Å². The summed E-state index contributed by atoms with van der Waals surface area (Å²) < 4.78 is 22.3. The zero-order valence-corrected chi connectivity index (χ0v) is 14.9. The number of carbonyl (C=O) groups excluding carboxylic acids is 2. The van der Waals surface area contributed by atoms with Gasteiger partial charge in [0.15, 0.2) is 0 Å². The molecule has 9 nitrogen and oxygen atoms in total. The van der Waals surface area contributed by atoms with Gasteiger partial charge in [0.2, 0.25) is 10.0 Å². The molecule has 25 heavy (non-hydrogen) atoms. The van der Waals surface area contributed by atoms with Crippen molar-refractivity contribution in [1.29, 1.82) is 0 Å².